The van der Waals surface area contributed by atoms with E-state index in [9.17, 15) is 9.18 Å². The van der Waals surface area contributed by atoms with Crippen molar-refractivity contribution in [3.05, 3.63) is 34.1 Å². The molecule has 0 amide bonds. The molecule has 0 fully saturated rings. The standard InChI is InChI=1S/C13H13BrFNO2/c1-2-18-13(17)11-7-6-10(16-11)12-8(14)4-3-5-9(12)15/h3-5,11H,2,6-7H2,1H3/t11-/m1/s1. The second kappa shape index (κ2) is 5.61. The molecule has 3 nitrogen and oxygen atoms in total. The summed E-state index contributed by atoms with van der Waals surface area (Å²) in [6.07, 6.45) is 1.16. The van der Waals surface area contributed by atoms with Gasteiger partial charge in [-0.05, 0) is 31.9 Å². The maximum atomic E-state index is 13.8. The van der Waals surface area contributed by atoms with Gasteiger partial charge in [0.05, 0.1) is 6.61 Å². The predicted octanol–water partition coefficient (Wildman–Crippen LogP) is 3.10. The fourth-order valence-corrected chi connectivity index (χ4v) is 2.53. The van der Waals surface area contributed by atoms with Crippen LogP contribution in [0.5, 0.6) is 0 Å². The lowest BCUT2D eigenvalue weighted by molar-refractivity contribution is -0.144. The highest BCUT2D eigenvalue weighted by Gasteiger charge is 2.27. The van der Waals surface area contributed by atoms with Gasteiger partial charge >= 0.3 is 5.97 Å². The molecular weight excluding hydrogens is 301 g/mol. The van der Waals surface area contributed by atoms with Crippen molar-refractivity contribution in [2.24, 2.45) is 4.99 Å². The van der Waals surface area contributed by atoms with Crippen molar-refractivity contribution in [2.45, 2.75) is 25.8 Å². The Bertz CT molecular complexity index is 482. The molecule has 0 unspecified atom stereocenters. The van der Waals surface area contributed by atoms with E-state index >= 15 is 0 Å². The van der Waals surface area contributed by atoms with Crippen molar-refractivity contribution >= 4 is 27.6 Å². The molecule has 0 saturated heterocycles. The van der Waals surface area contributed by atoms with Gasteiger partial charge in [0.2, 0.25) is 0 Å². The summed E-state index contributed by atoms with van der Waals surface area (Å²) in [5, 5.41) is 0. The topological polar surface area (TPSA) is 38.7 Å². The highest BCUT2D eigenvalue weighted by atomic mass is 79.9. The molecular formula is C13H13BrFNO2. The summed E-state index contributed by atoms with van der Waals surface area (Å²) in [4.78, 5) is 15.8. The molecule has 5 heteroatoms. The lowest BCUT2D eigenvalue weighted by Gasteiger charge is -2.05. The smallest absolute Gasteiger partial charge is 0.330 e. The van der Waals surface area contributed by atoms with E-state index in [1.165, 1.54) is 6.07 Å². The molecule has 1 aromatic rings. The fraction of sp³-hybridized carbons (Fsp3) is 0.385. The Morgan fingerprint density at radius 3 is 3.06 bits per heavy atom. The van der Waals surface area contributed by atoms with Gasteiger partial charge in [-0.2, -0.15) is 0 Å². The second-order valence-electron chi connectivity index (χ2n) is 3.98. The van der Waals surface area contributed by atoms with E-state index in [0.29, 0.717) is 35.2 Å². The minimum atomic E-state index is -0.494. The van der Waals surface area contributed by atoms with E-state index in [1.54, 1.807) is 19.1 Å². The highest BCUT2D eigenvalue weighted by molar-refractivity contribution is 9.10. The van der Waals surface area contributed by atoms with Gasteiger partial charge in [0.1, 0.15) is 11.9 Å². The first-order valence-corrected chi connectivity index (χ1v) is 6.60. The van der Waals surface area contributed by atoms with E-state index in [2.05, 4.69) is 20.9 Å². The van der Waals surface area contributed by atoms with Crippen LogP contribution >= 0.6 is 15.9 Å². The number of hydrogen-bond acceptors (Lipinski definition) is 3. The SMILES string of the molecule is CCOC(=O)[C@H]1CCC(c2c(F)cccc2Br)=N1. The average molecular weight is 314 g/mol. The number of benzene rings is 1. The Morgan fingerprint density at radius 2 is 2.39 bits per heavy atom. The maximum Gasteiger partial charge on any atom is 0.330 e. The molecule has 0 spiro atoms. The summed E-state index contributed by atoms with van der Waals surface area (Å²) in [6, 6.07) is 4.28. The number of carbonyl (C=O) groups excluding carboxylic acids is 1. The molecule has 1 aliphatic heterocycles. The molecule has 0 aliphatic carbocycles. The van der Waals surface area contributed by atoms with Crippen molar-refractivity contribution < 1.29 is 13.9 Å². The molecule has 1 heterocycles. The number of rotatable bonds is 3. The normalized spacial score (nSPS) is 18.6. The molecule has 96 valence electrons. The van der Waals surface area contributed by atoms with Crippen LogP contribution in [0.3, 0.4) is 0 Å². The summed E-state index contributed by atoms with van der Waals surface area (Å²) >= 11 is 3.31. The fourth-order valence-electron chi connectivity index (χ4n) is 1.96. The monoisotopic (exact) mass is 313 g/mol. The number of ether oxygens (including phenoxy) is 1. The van der Waals surface area contributed by atoms with Crippen molar-refractivity contribution in [1.29, 1.82) is 0 Å². The van der Waals surface area contributed by atoms with Crippen LogP contribution in [0.1, 0.15) is 25.3 Å². The first-order valence-electron chi connectivity index (χ1n) is 5.81. The number of aliphatic imine (C=N–C) groups is 1. The molecule has 0 radical (unpaired) electrons. The van der Waals surface area contributed by atoms with Crippen LogP contribution in [0.4, 0.5) is 4.39 Å². The number of esters is 1. The molecule has 1 aliphatic rings. The van der Waals surface area contributed by atoms with E-state index in [4.69, 9.17) is 4.74 Å². The number of halogens is 2. The van der Waals surface area contributed by atoms with Crippen LogP contribution in [0.2, 0.25) is 0 Å². The molecule has 18 heavy (non-hydrogen) atoms. The Balaban J connectivity index is 2.25. The van der Waals surface area contributed by atoms with Gasteiger partial charge in [0, 0.05) is 15.7 Å². The van der Waals surface area contributed by atoms with E-state index in [1.807, 2.05) is 0 Å². The molecule has 0 bridgehead atoms. The molecule has 0 aromatic heterocycles. The van der Waals surface area contributed by atoms with Crippen molar-refractivity contribution in [3.8, 4) is 0 Å². The minimum absolute atomic E-state index is 0.326. The Kier molecular flexibility index (Phi) is 4.11. The van der Waals surface area contributed by atoms with Crippen LogP contribution in [-0.4, -0.2) is 24.3 Å². The van der Waals surface area contributed by atoms with Gasteiger partial charge in [-0.25, -0.2) is 9.18 Å². The van der Waals surface area contributed by atoms with Gasteiger partial charge in [0.25, 0.3) is 0 Å². The zero-order chi connectivity index (χ0) is 13.1. The quantitative estimate of drug-likeness (QED) is 0.804. The van der Waals surface area contributed by atoms with Crippen molar-refractivity contribution in [1.82, 2.24) is 0 Å². The first-order chi connectivity index (χ1) is 8.63. The lowest BCUT2D eigenvalue weighted by Crippen LogP contribution is -2.18. The van der Waals surface area contributed by atoms with E-state index < -0.39 is 6.04 Å². The number of carbonyl (C=O) groups is 1. The van der Waals surface area contributed by atoms with Gasteiger partial charge in [-0.1, -0.05) is 22.0 Å². The third-order valence-corrected chi connectivity index (χ3v) is 3.44. The summed E-state index contributed by atoms with van der Waals surface area (Å²) in [6.45, 7) is 2.09. The summed E-state index contributed by atoms with van der Waals surface area (Å²) < 4.78 is 19.3. The van der Waals surface area contributed by atoms with Crippen LogP contribution in [0.25, 0.3) is 0 Å². The van der Waals surface area contributed by atoms with Gasteiger partial charge < -0.3 is 4.74 Å². The van der Waals surface area contributed by atoms with Crippen LogP contribution < -0.4 is 0 Å². The first kappa shape index (κ1) is 13.2. The molecule has 0 N–H and O–H groups in total. The maximum absolute atomic E-state index is 13.8. The zero-order valence-corrected chi connectivity index (χ0v) is 11.5. The Labute approximate surface area is 113 Å². The Morgan fingerprint density at radius 1 is 1.61 bits per heavy atom. The highest BCUT2D eigenvalue weighted by Crippen LogP contribution is 2.27. The molecule has 1 atom stereocenters. The number of nitrogens with zero attached hydrogens (tertiary/aromatic N) is 1. The van der Waals surface area contributed by atoms with Gasteiger partial charge in [0.15, 0.2) is 0 Å². The largest absolute Gasteiger partial charge is 0.464 e. The van der Waals surface area contributed by atoms with Crippen molar-refractivity contribution in [2.75, 3.05) is 6.61 Å². The second-order valence-corrected chi connectivity index (χ2v) is 4.83. The summed E-state index contributed by atoms with van der Waals surface area (Å²) in [5.74, 6) is -0.660. The third-order valence-electron chi connectivity index (χ3n) is 2.78. The van der Waals surface area contributed by atoms with Crippen molar-refractivity contribution in [3.63, 3.8) is 0 Å². The molecule has 2 rings (SSSR count). The molecule has 1 aromatic carbocycles. The average Bonchev–Trinajstić information content (AvgIpc) is 2.78. The predicted molar refractivity (Wildman–Crippen MR) is 70.3 cm³/mol. The third kappa shape index (κ3) is 2.61. The summed E-state index contributed by atoms with van der Waals surface area (Å²) in [7, 11) is 0. The lowest BCUT2D eigenvalue weighted by atomic mass is 10.1. The molecule has 0 saturated carbocycles. The van der Waals surface area contributed by atoms with E-state index in [0.717, 1.165) is 0 Å². The van der Waals surface area contributed by atoms with Gasteiger partial charge in [-0.15, -0.1) is 0 Å². The summed E-state index contributed by atoms with van der Waals surface area (Å²) in [5.41, 5.74) is 1.07. The van der Waals surface area contributed by atoms with Crippen LogP contribution in [-0.2, 0) is 9.53 Å². The van der Waals surface area contributed by atoms with E-state index in [-0.39, 0.29) is 11.8 Å². The zero-order valence-electron chi connectivity index (χ0n) is 9.95. The Hall–Kier alpha value is -1.23. The van der Waals surface area contributed by atoms with Gasteiger partial charge in [-0.3, -0.25) is 4.99 Å². The number of hydrogen-bond donors (Lipinski definition) is 0. The van der Waals surface area contributed by atoms with Crippen LogP contribution in [0, 0.1) is 5.82 Å². The van der Waals surface area contributed by atoms with Crippen LogP contribution in [0.15, 0.2) is 27.7 Å². The minimum Gasteiger partial charge on any atom is -0.464 e.